The third kappa shape index (κ3) is 6.35. The number of hydrogen-bond acceptors (Lipinski definition) is 4. The van der Waals surface area contributed by atoms with E-state index in [2.05, 4.69) is 5.32 Å². The highest BCUT2D eigenvalue weighted by Gasteiger charge is 2.38. The summed E-state index contributed by atoms with van der Waals surface area (Å²) in [6, 6.07) is 0. The molecule has 1 aliphatic heterocycles. The zero-order valence-electron chi connectivity index (χ0n) is 7.95. The quantitative estimate of drug-likeness (QED) is 0.488. The first-order valence-corrected chi connectivity index (χ1v) is 3.89. The van der Waals surface area contributed by atoms with Gasteiger partial charge >= 0.3 is 12.1 Å². The van der Waals surface area contributed by atoms with Gasteiger partial charge in [0.1, 0.15) is 5.82 Å². The summed E-state index contributed by atoms with van der Waals surface area (Å²) in [4.78, 5) is 8.90. The molecule has 0 atom stereocenters. The summed E-state index contributed by atoms with van der Waals surface area (Å²) >= 11 is 0. The fourth-order valence-electron chi connectivity index (χ4n) is 0.573. The molecule has 1 heterocycles. The van der Waals surface area contributed by atoms with Gasteiger partial charge in [-0.25, -0.2) is 4.79 Å². The SMILES string of the molecule is NC1=CC=CNC(N)=C1.O=C(O)C(F)(F)F. The summed E-state index contributed by atoms with van der Waals surface area (Å²) in [5.41, 5.74) is 11.5. The van der Waals surface area contributed by atoms with Crippen LogP contribution >= 0.6 is 0 Å². The number of carboxylic acid groups (broad SMARTS) is 1. The molecule has 0 spiro atoms. The standard InChI is InChI=1S/C6H9N3.C2HF3O2/c7-5-2-1-3-9-6(8)4-5;3-2(4,5)1(6)7/h1-4,9H,7-8H2;(H,6,7). The van der Waals surface area contributed by atoms with Gasteiger partial charge in [0.2, 0.25) is 0 Å². The van der Waals surface area contributed by atoms with Gasteiger partial charge in [0.25, 0.3) is 0 Å². The molecule has 0 unspecified atom stereocenters. The highest BCUT2D eigenvalue weighted by Crippen LogP contribution is 2.13. The molecule has 0 aromatic heterocycles. The molecule has 5 nitrogen and oxygen atoms in total. The van der Waals surface area contributed by atoms with Crippen LogP contribution in [0, 0.1) is 0 Å². The second-order valence-corrected chi connectivity index (χ2v) is 2.57. The predicted molar refractivity (Wildman–Crippen MR) is 50.5 cm³/mol. The highest BCUT2D eigenvalue weighted by molar-refractivity contribution is 5.73. The Kier molecular flexibility index (Phi) is 4.93. The Labute approximate surface area is 88.9 Å². The average molecular weight is 237 g/mol. The molecule has 0 saturated heterocycles. The van der Waals surface area contributed by atoms with E-state index in [0.717, 1.165) is 0 Å². The van der Waals surface area contributed by atoms with Crippen molar-refractivity contribution in [3.8, 4) is 0 Å². The number of nitrogens with one attached hydrogen (secondary N) is 1. The Morgan fingerprint density at radius 2 is 1.88 bits per heavy atom. The van der Waals surface area contributed by atoms with Crippen molar-refractivity contribution in [2.24, 2.45) is 11.5 Å². The molecule has 16 heavy (non-hydrogen) atoms. The summed E-state index contributed by atoms with van der Waals surface area (Å²) in [6.45, 7) is 0. The van der Waals surface area contributed by atoms with Gasteiger partial charge in [-0.2, -0.15) is 13.2 Å². The molecule has 0 radical (unpaired) electrons. The number of aliphatic carboxylic acids is 1. The van der Waals surface area contributed by atoms with E-state index in [1.54, 1.807) is 24.4 Å². The van der Waals surface area contributed by atoms with Crippen LogP contribution in [0.3, 0.4) is 0 Å². The van der Waals surface area contributed by atoms with Crippen LogP contribution in [0.4, 0.5) is 13.2 Å². The smallest absolute Gasteiger partial charge is 0.475 e. The molecule has 8 heteroatoms. The number of carbonyl (C=O) groups is 1. The molecule has 0 aromatic carbocycles. The van der Waals surface area contributed by atoms with E-state index < -0.39 is 12.1 Å². The molecule has 0 aromatic rings. The number of alkyl halides is 3. The number of carboxylic acids is 1. The molecule has 0 fully saturated rings. The fourth-order valence-corrected chi connectivity index (χ4v) is 0.573. The first-order chi connectivity index (χ1) is 7.23. The minimum atomic E-state index is -5.08. The highest BCUT2D eigenvalue weighted by atomic mass is 19.4. The zero-order valence-corrected chi connectivity index (χ0v) is 7.95. The van der Waals surface area contributed by atoms with Gasteiger partial charge in [-0.05, 0) is 12.2 Å². The molecule has 0 bridgehead atoms. The van der Waals surface area contributed by atoms with Gasteiger partial charge in [-0.3, -0.25) is 0 Å². The monoisotopic (exact) mass is 237 g/mol. The lowest BCUT2D eigenvalue weighted by molar-refractivity contribution is -0.192. The summed E-state index contributed by atoms with van der Waals surface area (Å²) < 4.78 is 31.7. The molecule has 1 rings (SSSR count). The second kappa shape index (κ2) is 5.69. The Morgan fingerprint density at radius 1 is 1.38 bits per heavy atom. The van der Waals surface area contributed by atoms with E-state index in [1.165, 1.54) is 0 Å². The van der Waals surface area contributed by atoms with Crippen LogP contribution in [0.1, 0.15) is 0 Å². The predicted octanol–water partition coefficient (Wildman–Crippen LogP) is 0.379. The third-order valence-electron chi connectivity index (χ3n) is 1.20. The van der Waals surface area contributed by atoms with Crippen molar-refractivity contribution in [1.29, 1.82) is 0 Å². The van der Waals surface area contributed by atoms with Gasteiger partial charge in [0.15, 0.2) is 0 Å². The largest absolute Gasteiger partial charge is 0.490 e. The lowest BCUT2D eigenvalue weighted by atomic mass is 10.4. The van der Waals surface area contributed by atoms with Crippen LogP contribution in [0.5, 0.6) is 0 Å². The number of hydrogen-bond donors (Lipinski definition) is 4. The molecule has 90 valence electrons. The van der Waals surface area contributed by atoms with Crippen molar-refractivity contribution in [1.82, 2.24) is 5.32 Å². The topological polar surface area (TPSA) is 101 Å². The first kappa shape index (κ1) is 13.9. The van der Waals surface area contributed by atoms with E-state index in [-0.39, 0.29) is 0 Å². The van der Waals surface area contributed by atoms with Crippen molar-refractivity contribution in [2.75, 3.05) is 0 Å². The first-order valence-electron chi connectivity index (χ1n) is 3.89. The minimum absolute atomic E-state index is 0.567. The van der Waals surface area contributed by atoms with Crippen molar-refractivity contribution in [3.63, 3.8) is 0 Å². The number of nitrogens with two attached hydrogens (primary N) is 2. The molecule has 1 aliphatic rings. The van der Waals surface area contributed by atoms with Gasteiger partial charge < -0.3 is 21.9 Å². The van der Waals surface area contributed by atoms with Crippen LogP contribution in [0.25, 0.3) is 0 Å². The van der Waals surface area contributed by atoms with Crippen LogP contribution in [-0.2, 0) is 4.79 Å². The molecule has 0 saturated carbocycles. The molecule has 0 amide bonds. The summed E-state index contributed by atoms with van der Waals surface area (Å²) in [7, 11) is 0. The summed E-state index contributed by atoms with van der Waals surface area (Å²) in [5.74, 6) is -2.19. The minimum Gasteiger partial charge on any atom is -0.475 e. The van der Waals surface area contributed by atoms with Gasteiger partial charge in [0.05, 0.1) is 0 Å². The van der Waals surface area contributed by atoms with Crippen molar-refractivity contribution < 1.29 is 23.1 Å². The Hall–Kier alpha value is -2.12. The van der Waals surface area contributed by atoms with Gasteiger partial charge in [-0.1, -0.05) is 0 Å². The van der Waals surface area contributed by atoms with Crippen LogP contribution in [-0.4, -0.2) is 17.3 Å². The van der Waals surface area contributed by atoms with E-state index in [9.17, 15) is 13.2 Å². The summed E-state index contributed by atoms with van der Waals surface area (Å²) in [5, 5.41) is 9.93. The third-order valence-corrected chi connectivity index (χ3v) is 1.20. The van der Waals surface area contributed by atoms with Crippen molar-refractivity contribution in [2.45, 2.75) is 6.18 Å². The van der Waals surface area contributed by atoms with E-state index >= 15 is 0 Å². The Balaban J connectivity index is 0.000000293. The molecule has 6 N–H and O–H groups in total. The van der Waals surface area contributed by atoms with E-state index in [1.807, 2.05) is 0 Å². The maximum atomic E-state index is 10.6. The maximum Gasteiger partial charge on any atom is 0.490 e. The van der Waals surface area contributed by atoms with Crippen LogP contribution in [0.15, 0.2) is 35.9 Å². The van der Waals surface area contributed by atoms with E-state index in [0.29, 0.717) is 11.5 Å². The van der Waals surface area contributed by atoms with Gasteiger partial charge in [-0.15, -0.1) is 0 Å². The van der Waals surface area contributed by atoms with Crippen molar-refractivity contribution in [3.05, 3.63) is 35.9 Å². The lowest BCUT2D eigenvalue weighted by Gasteiger charge is -1.95. The second-order valence-electron chi connectivity index (χ2n) is 2.57. The maximum absolute atomic E-state index is 10.6. The molecular formula is C8H10F3N3O2. The molecular weight excluding hydrogens is 227 g/mol. The van der Waals surface area contributed by atoms with Crippen LogP contribution < -0.4 is 16.8 Å². The Bertz CT molecular complexity index is 345. The van der Waals surface area contributed by atoms with Crippen LogP contribution in [0.2, 0.25) is 0 Å². The molecule has 0 aliphatic carbocycles. The normalized spacial score (nSPS) is 14.7. The van der Waals surface area contributed by atoms with Gasteiger partial charge in [0, 0.05) is 18.0 Å². The van der Waals surface area contributed by atoms with E-state index in [4.69, 9.17) is 21.4 Å². The zero-order chi connectivity index (χ0) is 12.8. The fraction of sp³-hybridized carbons (Fsp3) is 0.125. The number of halogens is 3. The van der Waals surface area contributed by atoms with Crippen molar-refractivity contribution >= 4 is 5.97 Å². The summed E-state index contributed by atoms with van der Waals surface area (Å²) in [6.07, 6.45) is 1.88. The Morgan fingerprint density at radius 3 is 2.31 bits per heavy atom. The average Bonchev–Trinajstić information content (AvgIpc) is 2.28. The number of rotatable bonds is 0. The lowest BCUT2D eigenvalue weighted by Crippen LogP contribution is -2.21. The number of allylic oxidation sites excluding steroid dienone is 3.